The minimum atomic E-state index is 0.201. The highest BCUT2D eigenvalue weighted by molar-refractivity contribution is 5.87. The van der Waals surface area contributed by atoms with Gasteiger partial charge in [-0.05, 0) is 25.3 Å². The topological polar surface area (TPSA) is 88.9 Å². The molecule has 4 heterocycles. The van der Waals surface area contributed by atoms with Crippen molar-refractivity contribution in [1.29, 1.82) is 5.26 Å². The highest BCUT2D eigenvalue weighted by atomic mass is 16.2. The fraction of sp³-hybridized carbons (Fsp3) is 0.529. The average molecular weight is 324 g/mol. The van der Waals surface area contributed by atoms with Crippen LogP contribution in [-0.2, 0) is 4.79 Å². The quantitative estimate of drug-likeness (QED) is 0.867. The van der Waals surface area contributed by atoms with Crippen LogP contribution in [0.5, 0.6) is 0 Å². The van der Waals surface area contributed by atoms with Crippen molar-refractivity contribution < 1.29 is 4.79 Å². The van der Waals surface area contributed by atoms with Crippen molar-refractivity contribution in [2.24, 2.45) is 0 Å². The molecule has 0 aliphatic carbocycles. The van der Waals surface area contributed by atoms with Crippen LogP contribution in [0, 0.1) is 11.3 Å². The van der Waals surface area contributed by atoms with Crippen LogP contribution in [0.1, 0.15) is 32.1 Å². The molecule has 2 aromatic heterocycles. The Morgan fingerprint density at radius 2 is 2.12 bits per heavy atom. The van der Waals surface area contributed by atoms with E-state index < -0.39 is 0 Å². The van der Waals surface area contributed by atoms with E-state index >= 15 is 0 Å². The number of piperazine rings is 1. The molecule has 124 valence electrons. The van der Waals surface area contributed by atoms with Crippen LogP contribution >= 0.6 is 0 Å². The van der Waals surface area contributed by atoms with Crippen molar-refractivity contribution in [2.45, 2.75) is 44.2 Å². The average Bonchev–Trinajstić information content (AvgIpc) is 3.17. The second-order valence-corrected chi connectivity index (χ2v) is 6.54. The Kier molecular flexibility index (Phi) is 3.81. The van der Waals surface area contributed by atoms with Crippen molar-refractivity contribution in [3.05, 3.63) is 18.6 Å². The Morgan fingerprint density at radius 1 is 1.33 bits per heavy atom. The van der Waals surface area contributed by atoms with Gasteiger partial charge in [0.15, 0.2) is 0 Å². The summed E-state index contributed by atoms with van der Waals surface area (Å²) in [6, 6.07) is 4.62. The first kappa shape index (κ1) is 14.9. The first-order valence-corrected chi connectivity index (χ1v) is 8.49. The summed E-state index contributed by atoms with van der Waals surface area (Å²) >= 11 is 0. The van der Waals surface area contributed by atoms with Crippen molar-refractivity contribution in [1.82, 2.24) is 19.9 Å². The van der Waals surface area contributed by atoms with E-state index in [0.717, 1.165) is 42.8 Å². The van der Waals surface area contributed by atoms with E-state index in [1.165, 1.54) is 0 Å². The number of nitrogens with zero attached hydrogens (tertiary/aromatic N) is 5. The molecule has 0 unspecified atom stereocenters. The molecule has 0 aromatic carbocycles. The summed E-state index contributed by atoms with van der Waals surface area (Å²) in [7, 11) is 0. The monoisotopic (exact) mass is 324 g/mol. The minimum Gasteiger partial charge on any atom is -0.352 e. The zero-order valence-electron chi connectivity index (χ0n) is 13.5. The van der Waals surface area contributed by atoms with Gasteiger partial charge in [-0.1, -0.05) is 0 Å². The summed E-state index contributed by atoms with van der Waals surface area (Å²) in [5.74, 6) is 1.15. The molecule has 2 atom stereocenters. The van der Waals surface area contributed by atoms with Crippen molar-refractivity contribution in [2.75, 3.05) is 18.0 Å². The number of carbonyl (C=O) groups excluding carboxylic acids is 1. The Labute approximate surface area is 140 Å². The number of amides is 1. The van der Waals surface area contributed by atoms with E-state index in [0.29, 0.717) is 19.3 Å². The molecule has 7 heteroatoms. The molecule has 2 fully saturated rings. The van der Waals surface area contributed by atoms with Gasteiger partial charge in [0.25, 0.3) is 0 Å². The molecule has 2 aliphatic heterocycles. The molecular weight excluding hydrogens is 304 g/mol. The number of rotatable bonds is 4. The number of H-pyrrole nitrogens is 1. The SMILES string of the molecule is N#CCCCC(=O)N1[C@@H]2CC[C@@H]1CN(c1ncnc3[nH]ccc13)C2. The van der Waals surface area contributed by atoms with Gasteiger partial charge in [0.05, 0.1) is 11.5 Å². The number of carbonyl (C=O) groups is 1. The Morgan fingerprint density at radius 3 is 2.88 bits per heavy atom. The molecule has 0 saturated carbocycles. The summed E-state index contributed by atoms with van der Waals surface area (Å²) in [5, 5.41) is 9.67. The van der Waals surface area contributed by atoms with Crippen LogP contribution in [0.4, 0.5) is 5.82 Å². The predicted octanol–water partition coefficient (Wildman–Crippen LogP) is 1.83. The third kappa shape index (κ3) is 2.48. The molecule has 7 nitrogen and oxygen atoms in total. The van der Waals surface area contributed by atoms with Crippen molar-refractivity contribution >= 4 is 22.8 Å². The number of fused-ring (bicyclic) bond motifs is 3. The highest BCUT2D eigenvalue weighted by Gasteiger charge is 2.42. The molecule has 1 N–H and O–H groups in total. The fourth-order valence-electron chi connectivity index (χ4n) is 4.04. The molecule has 24 heavy (non-hydrogen) atoms. The van der Waals surface area contributed by atoms with Gasteiger partial charge in [0.2, 0.25) is 5.91 Å². The third-order valence-electron chi connectivity index (χ3n) is 5.08. The number of unbranched alkanes of at least 4 members (excludes halogenated alkanes) is 1. The molecule has 1 amide bonds. The summed E-state index contributed by atoms with van der Waals surface area (Å²) in [6.45, 7) is 1.63. The van der Waals surface area contributed by atoms with E-state index in [1.807, 2.05) is 12.3 Å². The lowest BCUT2D eigenvalue weighted by molar-refractivity contribution is -0.134. The van der Waals surface area contributed by atoms with Crippen molar-refractivity contribution in [3.8, 4) is 6.07 Å². The first-order chi connectivity index (χ1) is 11.8. The standard InChI is InChI=1S/C17H20N6O/c18-7-2-1-3-15(24)23-12-4-5-13(23)10-22(9-12)17-14-6-8-19-16(14)20-11-21-17/h6,8,11-13H,1-5,9-10H2,(H,19,20,21)/t12-,13-/m1/s1. The number of nitriles is 1. The normalized spacial score (nSPS) is 22.8. The van der Waals surface area contributed by atoms with Crippen LogP contribution in [0.25, 0.3) is 11.0 Å². The van der Waals surface area contributed by atoms with Crippen LogP contribution in [0.15, 0.2) is 18.6 Å². The van der Waals surface area contributed by atoms with Gasteiger partial charge >= 0.3 is 0 Å². The Bertz CT molecular complexity index is 780. The number of anilines is 1. The van der Waals surface area contributed by atoms with Crippen LogP contribution in [0.2, 0.25) is 0 Å². The molecule has 2 aliphatic rings. The summed E-state index contributed by atoms with van der Waals surface area (Å²) in [6.07, 6.45) is 7.16. The molecule has 2 bridgehead atoms. The van der Waals surface area contributed by atoms with E-state index in [1.54, 1.807) is 6.33 Å². The minimum absolute atomic E-state index is 0.201. The zero-order valence-corrected chi connectivity index (χ0v) is 13.5. The second kappa shape index (κ2) is 6.11. The summed E-state index contributed by atoms with van der Waals surface area (Å²) in [4.78, 5) is 28.7. The maximum absolute atomic E-state index is 12.5. The largest absolute Gasteiger partial charge is 0.352 e. The summed E-state index contributed by atoms with van der Waals surface area (Å²) in [5.41, 5.74) is 0.849. The van der Waals surface area contributed by atoms with E-state index in [4.69, 9.17) is 5.26 Å². The van der Waals surface area contributed by atoms with Gasteiger partial charge < -0.3 is 14.8 Å². The molecule has 2 aromatic rings. The number of hydrogen-bond acceptors (Lipinski definition) is 5. The molecule has 4 rings (SSSR count). The van der Waals surface area contributed by atoms with Crippen LogP contribution in [0.3, 0.4) is 0 Å². The number of aromatic nitrogens is 3. The maximum Gasteiger partial charge on any atom is 0.223 e. The number of hydrogen-bond donors (Lipinski definition) is 1. The zero-order chi connectivity index (χ0) is 16.5. The van der Waals surface area contributed by atoms with E-state index in [2.05, 4.69) is 30.8 Å². The molecule has 0 radical (unpaired) electrons. The lowest BCUT2D eigenvalue weighted by Gasteiger charge is -2.41. The predicted molar refractivity (Wildman–Crippen MR) is 89.2 cm³/mol. The second-order valence-electron chi connectivity index (χ2n) is 6.54. The highest BCUT2D eigenvalue weighted by Crippen LogP contribution is 2.34. The molecular formula is C17H20N6O. The van der Waals surface area contributed by atoms with Gasteiger partial charge in [0, 0.05) is 44.2 Å². The number of aromatic amines is 1. The van der Waals surface area contributed by atoms with Gasteiger partial charge in [-0.2, -0.15) is 5.26 Å². The lowest BCUT2D eigenvalue weighted by Crippen LogP contribution is -2.56. The van der Waals surface area contributed by atoms with Crippen LogP contribution in [-0.4, -0.2) is 50.9 Å². The number of nitrogens with one attached hydrogen (secondary N) is 1. The van der Waals surface area contributed by atoms with E-state index in [9.17, 15) is 4.79 Å². The van der Waals surface area contributed by atoms with Gasteiger partial charge in [-0.25, -0.2) is 9.97 Å². The fourth-order valence-corrected chi connectivity index (χ4v) is 4.04. The van der Waals surface area contributed by atoms with E-state index in [-0.39, 0.29) is 18.0 Å². The smallest absolute Gasteiger partial charge is 0.223 e. The summed E-state index contributed by atoms with van der Waals surface area (Å²) < 4.78 is 0. The third-order valence-corrected chi connectivity index (χ3v) is 5.08. The first-order valence-electron chi connectivity index (χ1n) is 8.49. The Balaban J connectivity index is 1.51. The maximum atomic E-state index is 12.5. The van der Waals surface area contributed by atoms with Gasteiger partial charge in [-0.15, -0.1) is 0 Å². The molecule has 0 spiro atoms. The van der Waals surface area contributed by atoms with Crippen LogP contribution < -0.4 is 4.90 Å². The Hall–Kier alpha value is -2.62. The lowest BCUT2D eigenvalue weighted by atomic mass is 10.1. The van der Waals surface area contributed by atoms with Gasteiger partial charge in [0.1, 0.15) is 17.8 Å². The molecule has 2 saturated heterocycles. The van der Waals surface area contributed by atoms with Gasteiger partial charge in [-0.3, -0.25) is 4.79 Å². The van der Waals surface area contributed by atoms with Crippen molar-refractivity contribution in [3.63, 3.8) is 0 Å².